The van der Waals surface area contributed by atoms with Crippen LogP contribution in [-0.2, 0) is 12.7 Å². The molecule has 0 bridgehead atoms. The first kappa shape index (κ1) is 17.9. The van der Waals surface area contributed by atoms with Crippen LogP contribution in [0.25, 0.3) is 22.4 Å². The van der Waals surface area contributed by atoms with Gasteiger partial charge in [0.25, 0.3) is 0 Å². The molecule has 1 heterocycles. The summed E-state index contributed by atoms with van der Waals surface area (Å²) in [4.78, 5) is 13.0. The summed E-state index contributed by atoms with van der Waals surface area (Å²) in [6.45, 7) is 4.14. The Balaban J connectivity index is 2.31. The number of alkyl halides is 3. The van der Waals surface area contributed by atoms with Crippen molar-refractivity contribution < 1.29 is 13.2 Å². The van der Waals surface area contributed by atoms with E-state index in [4.69, 9.17) is 0 Å². The standard InChI is InChI=1S/C20H17F3N2O/c1-3-25-12-16(14-8-6-7-13(2)11-14)19(26)18(24-25)15-9-4-5-10-17(15)20(21,22)23/h4-12H,3H2,1-2H3. The Hall–Kier alpha value is -2.89. The third-order valence-electron chi connectivity index (χ3n) is 4.11. The average Bonchev–Trinajstić information content (AvgIpc) is 2.61. The van der Waals surface area contributed by atoms with Gasteiger partial charge in [-0.2, -0.15) is 18.3 Å². The summed E-state index contributed by atoms with van der Waals surface area (Å²) in [7, 11) is 0. The Labute approximate surface area is 148 Å². The van der Waals surface area contributed by atoms with Crippen molar-refractivity contribution >= 4 is 0 Å². The quantitative estimate of drug-likeness (QED) is 0.666. The molecule has 6 heteroatoms. The van der Waals surface area contributed by atoms with Crippen molar-refractivity contribution in [1.82, 2.24) is 9.78 Å². The molecule has 0 saturated carbocycles. The Kier molecular flexibility index (Phi) is 4.68. The van der Waals surface area contributed by atoms with Crippen LogP contribution in [0.2, 0.25) is 0 Å². The Morgan fingerprint density at radius 3 is 2.42 bits per heavy atom. The zero-order valence-corrected chi connectivity index (χ0v) is 14.3. The summed E-state index contributed by atoms with van der Waals surface area (Å²) in [6.07, 6.45) is -2.99. The molecular weight excluding hydrogens is 341 g/mol. The minimum absolute atomic E-state index is 0.196. The first-order valence-corrected chi connectivity index (χ1v) is 8.16. The largest absolute Gasteiger partial charge is 0.417 e. The smallest absolute Gasteiger partial charge is 0.287 e. The SMILES string of the molecule is CCn1cc(-c2cccc(C)c2)c(=O)c(-c2ccccc2C(F)(F)F)n1. The fourth-order valence-corrected chi connectivity index (χ4v) is 2.83. The summed E-state index contributed by atoms with van der Waals surface area (Å²) in [6, 6.07) is 12.3. The molecule has 0 radical (unpaired) electrons. The molecule has 0 fully saturated rings. The fourth-order valence-electron chi connectivity index (χ4n) is 2.83. The van der Waals surface area contributed by atoms with Crippen molar-refractivity contribution in [2.24, 2.45) is 0 Å². The predicted molar refractivity (Wildman–Crippen MR) is 94.8 cm³/mol. The minimum Gasteiger partial charge on any atom is -0.287 e. The van der Waals surface area contributed by atoms with Crippen molar-refractivity contribution in [3.8, 4) is 22.4 Å². The third-order valence-corrected chi connectivity index (χ3v) is 4.11. The third kappa shape index (κ3) is 3.40. The molecule has 0 unspecified atom stereocenters. The van der Waals surface area contributed by atoms with Crippen molar-refractivity contribution in [3.05, 3.63) is 76.1 Å². The molecule has 0 spiro atoms. The monoisotopic (exact) mass is 358 g/mol. The maximum Gasteiger partial charge on any atom is 0.417 e. The van der Waals surface area contributed by atoms with Crippen molar-refractivity contribution in [2.45, 2.75) is 26.6 Å². The number of hydrogen-bond acceptors (Lipinski definition) is 2. The number of hydrogen-bond donors (Lipinski definition) is 0. The van der Waals surface area contributed by atoms with Gasteiger partial charge in [-0.15, -0.1) is 0 Å². The molecule has 0 aliphatic rings. The van der Waals surface area contributed by atoms with Gasteiger partial charge >= 0.3 is 6.18 Å². The van der Waals surface area contributed by atoms with Gasteiger partial charge in [-0.3, -0.25) is 9.48 Å². The lowest BCUT2D eigenvalue weighted by Gasteiger charge is -2.14. The summed E-state index contributed by atoms with van der Waals surface area (Å²) in [5, 5.41) is 4.15. The number of aryl methyl sites for hydroxylation is 2. The second-order valence-corrected chi connectivity index (χ2v) is 5.99. The van der Waals surface area contributed by atoms with Crippen LogP contribution in [0.1, 0.15) is 18.1 Å². The maximum absolute atomic E-state index is 13.4. The molecule has 2 aromatic carbocycles. The molecule has 0 aliphatic heterocycles. The lowest BCUT2D eigenvalue weighted by molar-refractivity contribution is -0.137. The highest BCUT2D eigenvalue weighted by Gasteiger charge is 2.34. The predicted octanol–water partition coefficient (Wildman–Crippen LogP) is 4.92. The molecule has 0 aliphatic carbocycles. The molecule has 1 aromatic heterocycles. The molecule has 3 rings (SSSR count). The highest BCUT2D eigenvalue weighted by Crippen LogP contribution is 2.35. The van der Waals surface area contributed by atoms with Gasteiger partial charge in [0.2, 0.25) is 5.43 Å². The van der Waals surface area contributed by atoms with E-state index >= 15 is 0 Å². The molecule has 0 saturated heterocycles. The van der Waals surface area contributed by atoms with Crippen LogP contribution < -0.4 is 5.43 Å². The Morgan fingerprint density at radius 2 is 1.77 bits per heavy atom. The van der Waals surface area contributed by atoms with E-state index in [1.807, 2.05) is 32.0 Å². The van der Waals surface area contributed by atoms with E-state index in [1.165, 1.54) is 22.9 Å². The fraction of sp³-hybridized carbons (Fsp3) is 0.200. The van der Waals surface area contributed by atoms with Gasteiger partial charge in [0, 0.05) is 23.9 Å². The van der Waals surface area contributed by atoms with Crippen molar-refractivity contribution in [1.29, 1.82) is 0 Å². The number of halogens is 3. The highest BCUT2D eigenvalue weighted by molar-refractivity contribution is 5.71. The number of aromatic nitrogens is 2. The summed E-state index contributed by atoms with van der Waals surface area (Å²) in [5.74, 6) is 0. The van der Waals surface area contributed by atoms with Gasteiger partial charge < -0.3 is 0 Å². The lowest BCUT2D eigenvalue weighted by atomic mass is 9.99. The van der Waals surface area contributed by atoms with Crippen LogP contribution in [0, 0.1) is 6.92 Å². The highest BCUT2D eigenvalue weighted by atomic mass is 19.4. The van der Waals surface area contributed by atoms with Gasteiger partial charge in [0.15, 0.2) is 0 Å². The molecule has 3 aromatic rings. The average molecular weight is 358 g/mol. The summed E-state index contributed by atoms with van der Waals surface area (Å²) in [5.41, 5.74) is 0.160. The number of nitrogens with zero attached hydrogens (tertiary/aromatic N) is 2. The number of rotatable bonds is 3. The summed E-state index contributed by atoms with van der Waals surface area (Å²) >= 11 is 0. The molecule has 0 atom stereocenters. The van der Waals surface area contributed by atoms with Crippen LogP contribution in [0.15, 0.2) is 59.5 Å². The molecule has 134 valence electrons. The van der Waals surface area contributed by atoms with E-state index in [0.29, 0.717) is 17.7 Å². The van der Waals surface area contributed by atoms with Crippen LogP contribution in [0.3, 0.4) is 0 Å². The minimum atomic E-state index is -4.57. The van der Waals surface area contributed by atoms with E-state index in [0.717, 1.165) is 11.6 Å². The van der Waals surface area contributed by atoms with Crippen LogP contribution in [0.4, 0.5) is 13.2 Å². The van der Waals surface area contributed by atoms with Crippen molar-refractivity contribution in [2.75, 3.05) is 0 Å². The van der Waals surface area contributed by atoms with Crippen molar-refractivity contribution in [3.63, 3.8) is 0 Å². The normalized spacial score (nSPS) is 11.6. The van der Waals surface area contributed by atoms with Crippen LogP contribution >= 0.6 is 0 Å². The molecule has 0 amide bonds. The van der Waals surface area contributed by atoms with Gasteiger partial charge in [-0.25, -0.2) is 0 Å². The maximum atomic E-state index is 13.4. The van der Waals surface area contributed by atoms with Gasteiger partial charge in [0.05, 0.1) is 5.56 Å². The van der Waals surface area contributed by atoms with E-state index in [2.05, 4.69) is 5.10 Å². The molecular formula is C20H17F3N2O. The van der Waals surface area contributed by atoms with Crippen LogP contribution in [0.5, 0.6) is 0 Å². The van der Waals surface area contributed by atoms with E-state index in [9.17, 15) is 18.0 Å². The molecule has 3 nitrogen and oxygen atoms in total. The zero-order chi connectivity index (χ0) is 18.9. The lowest BCUT2D eigenvalue weighted by Crippen LogP contribution is -2.19. The topological polar surface area (TPSA) is 34.9 Å². The van der Waals surface area contributed by atoms with E-state index in [1.54, 1.807) is 12.3 Å². The Morgan fingerprint density at radius 1 is 1.04 bits per heavy atom. The second-order valence-electron chi connectivity index (χ2n) is 5.99. The van der Waals surface area contributed by atoms with Crippen LogP contribution in [-0.4, -0.2) is 9.78 Å². The second kappa shape index (κ2) is 6.78. The molecule has 26 heavy (non-hydrogen) atoms. The van der Waals surface area contributed by atoms with E-state index < -0.39 is 17.2 Å². The van der Waals surface area contributed by atoms with E-state index in [-0.39, 0.29) is 11.3 Å². The number of benzene rings is 2. The Bertz CT molecular complexity index is 1010. The zero-order valence-electron chi connectivity index (χ0n) is 14.3. The first-order valence-electron chi connectivity index (χ1n) is 8.16. The van der Waals surface area contributed by atoms with Gasteiger partial charge in [-0.05, 0) is 25.5 Å². The molecule has 0 N–H and O–H groups in total. The van der Waals surface area contributed by atoms with Gasteiger partial charge in [0.1, 0.15) is 5.69 Å². The van der Waals surface area contributed by atoms with Gasteiger partial charge in [-0.1, -0.05) is 48.0 Å². The first-order chi connectivity index (χ1) is 12.3. The summed E-state index contributed by atoms with van der Waals surface area (Å²) < 4.78 is 41.7.